The quantitative estimate of drug-likeness (QED) is 0.744. The van der Waals surface area contributed by atoms with Gasteiger partial charge in [0.1, 0.15) is 0 Å². The van der Waals surface area contributed by atoms with E-state index in [4.69, 9.17) is 0 Å². The van der Waals surface area contributed by atoms with Crippen LogP contribution in [-0.2, 0) is 4.79 Å². The highest BCUT2D eigenvalue weighted by atomic mass is 35.5. The van der Waals surface area contributed by atoms with Gasteiger partial charge in [-0.2, -0.15) is 0 Å². The number of carbonyl (C=O) groups excluding carboxylic acids is 1. The van der Waals surface area contributed by atoms with Gasteiger partial charge in [-0.15, -0.1) is 24.8 Å². The molecule has 3 N–H and O–H groups in total. The monoisotopic (exact) mass is 320 g/mol. The number of aromatic nitrogens is 1. The Morgan fingerprint density at radius 1 is 1.15 bits per heavy atom. The molecule has 2 rings (SSSR count). The van der Waals surface area contributed by atoms with Crippen molar-refractivity contribution in [1.29, 1.82) is 0 Å². The first kappa shape index (κ1) is 19.1. The third-order valence-electron chi connectivity index (χ3n) is 3.39. The maximum Gasteiger partial charge on any atom is 0.227 e. The summed E-state index contributed by atoms with van der Waals surface area (Å²) >= 11 is 0. The lowest BCUT2D eigenvalue weighted by Gasteiger charge is -2.28. The predicted molar refractivity (Wildman–Crippen MR) is 85.3 cm³/mol. The summed E-state index contributed by atoms with van der Waals surface area (Å²) in [4.78, 5) is 16.0. The van der Waals surface area contributed by atoms with Crippen molar-refractivity contribution in [1.82, 2.24) is 15.8 Å². The van der Waals surface area contributed by atoms with Crippen LogP contribution in [-0.4, -0.2) is 24.0 Å². The van der Waals surface area contributed by atoms with Gasteiger partial charge in [-0.3, -0.25) is 20.6 Å². The minimum absolute atomic E-state index is 0. The first-order valence-corrected chi connectivity index (χ1v) is 6.42. The maximum absolute atomic E-state index is 12.1. The third-order valence-corrected chi connectivity index (χ3v) is 3.39. The maximum atomic E-state index is 12.1. The highest BCUT2D eigenvalue weighted by molar-refractivity contribution is 5.92. The average Bonchev–Trinajstić information content (AvgIpc) is 2.41. The van der Waals surface area contributed by atoms with Crippen LogP contribution in [0.5, 0.6) is 0 Å². The van der Waals surface area contributed by atoms with Crippen molar-refractivity contribution in [2.75, 3.05) is 12.4 Å². The Balaban J connectivity index is 0.00000180. The third kappa shape index (κ3) is 5.63. The second-order valence-corrected chi connectivity index (χ2v) is 4.67. The molecule has 1 saturated carbocycles. The summed E-state index contributed by atoms with van der Waals surface area (Å²) in [7, 11) is 1.88. The number of amides is 1. The fourth-order valence-corrected chi connectivity index (χ4v) is 2.38. The average molecular weight is 321 g/mol. The number of halogens is 2. The number of nitrogens with one attached hydrogen (secondary N) is 3. The Hall–Kier alpha value is -0.880. The number of anilines is 1. The molecule has 7 heteroatoms. The fourth-order valence-electron chi connectivity index (χ4n) is 2.38. The molecule has 5 nitrogen and oxygen atoms in total. The first-order valence-electron chi connectivity index (χ1n) is 6.42. The highest BCUT2D eigenvalue weighted by Gasteiger charge is 2.25. The SMILES string of the molecule is CNN[C@H]1CC[C@H](C(=O)Nc2ccncc2)CC1.Cl.Cl. The normalized spacial score (nSPS) is 21.2. The molecule has 1 aromatic heterocycles. The van der Waals surface area contributed by atoms with Crippen molar-refractivity contribution >= 4 is 36.4 Å². The van der Waals surface area contributed by atoms with Crippen LogP contribution in [0.15, 0.2) is 24.5 Å². The van der Waals surface area contributed by atoms with Crippen LogP contribution < -0.4 is 16.2 Å². The van der Waals surface area contributed by atoms with E-state index in [0.29, 0.717) is 6.04 Å². The molecule has 0 aromatic carbocycles. The number of hydrogen-bond donors (Lipinski definition) is 3. The summed E-state index contributed by atoms with van der Waals surface area (Å²) < 4.78 is 0. The molecule has 0 unspecified atom stereocenters. The van der Waals surface area contributed by atoms with Crippen LogP contribution in [0.3, 0.4) is 0 Å². The Bertz CT molecular complexity index is 383. The molecule has 1 aliphatic rings. The van der Waals surface area contributed by atoms with Gasteiger partial charge in [0.05, 0.1) is 0 Å². The van der Waals surface area contributed by atoms with Gasteiger partial charge < -0.3 is 5.32 Å². The molecule has 0 saturated heterocycles. The van der Waals surface area contributed by atoms with Crippen molar-refractivity contribution in [3.63, 3.8) is 0 Å². The van der Waals surface area contributed by atoms with E-state index in [1.165, 1.54) is 0 Å². The van der Waals surface area contributed by atoms with Crippen LogP contribution in [0.1, 0.15) is 25.7 Å². The van der Waals surface area contributed by atoms with E-state index in [0.717, 1.165) is 31.4 Å². The van der Waals surface area contributed by atoms with Gasteiger partial charge in [-0.1, -0.05) is 0 Å². The first-order chi connectivity index (χ1) is 8.79. The lowest BCUT2D eigenvalue weighted by Crippen LogP contribution is -2.42. The van der Waals surface area contributed by atoms with Gasteiger partial charge in [0.2, 0.25) is 5.91 Å². The van der Waals surface area contributed by atoms with E-state index in [1.807, 2.05) is 19.2 Å². The molecule has 1 fully saturated rings. The number of hydrogen-bond acceptors (Lipinski definition) is 4. The van der Waals surface area contributed by atoms with E-state index in [9.17, 15) is 4.79 Å². The molecule has 1 amide bonds. The van der Waals surface area contributed by atoms with Crippen molar-refractivity contribution < 1.29 is 4.79 Å². The van der Waals surface area contributed by atoms with E-state index < -0.39 is 0 Å². The Labute approximate surface area is 132 Å². The van der Waals surface area contributed by atoms with E-state index in [1.54, 1.807) is 12.4 Å². The number of nitrogens with zero attached hydrogens (tertiary/aromatic N) is 1. The number of hydrazine groups is 1. The Kier molecular flexibility index (Phi) is 9.50. The largest absolute Gasteiger partial charge is 0.326 e. The zero-order valence-corrected chi connectivity index (χ0v) is 13.1. The molecule has 114 valence electrons. The minimum Gasteiger partial charge on any atom is -0.326 e. The molecular weight excluding hydrogens is 299 g/mol. The zero-order chi connectivity index (χ0) is 12.8. The molecule has 1 heterocycles. The van der Waals surface area contributed by atoms with Gasteiger partial charge in [0.25, 0.3) is 0 Å². The lowest BCUT2D eigenvalue weighted by atomic mass is 9.85. The smallest absolute Gasteiger partial charge is 0.227 e. The number of rotatable bonds is 4. The van der Waals surface area contributed by atoms with Crippen LogP contribution >= 0.6 is 24.8 Å². The summed E-state index contributed by atoms with van der Waals surface area (Å²) in [6, 6.07) is 4.11. The molecule has 0 atom stereocenters. The van der Waals surface area contributed by atoms with Gasteiger partial charge >= 0.3 is 0 Å². The van der Waals surface area contributed by atoms with Crippen molar-refractivity contribution in [2.24, 2.45) is 5.92 Å². The molecule has 1 aliphatic carbocycles. The van der Waals surface area contributed by atoms with E-state index in [2.05, 4.69) is 21.2 Å². The summed E-state index contributed by atoms with van der Waals surface area (Å²) in [6.07, 6.45) is 7.32. The standard InChI is InChI=1S/C13H20N4O.2ClH/c1-14-17-12-4-2-10(3-5-12)13(18)16-11-6-8-15-9-7-11;;/h6-10,12,14,17H,2-5H2,1H3,(H,15,16,18);2*1H/t10-,12-;;. The topological polar surface area (TPSA) is 66.0 Å². The molecule has 20 heavy (non-hydrogen) atoms. The van der Waals surface area contributed by atoms with Crippen molar-refractivity contribution in [3.05, 3.63) is 24.5 Å². The summed E-state index contributed by atoms with van der Waals surface area (Å²) in [5, 5.41) is 2.94. The van der Waals surface area contributed by atoms with Crippen LogP contribution in [0.4, 0.5) is 5.69 Å². The summed E-state index contributed by atoms with van der Waals surface area (Å²) in [5.41, 5.74) is 6.99. The second kappa shape index (κ2) is 9.94. The molecular formula is C13H22Cl2N4O. The Morgan fingerprint density at radius 3 is 2.30 bits per heavy atom. The molecule has 1 aromatic rings. The fraction of sp³-hybridized carbons (Fsp3) is 0.538. The summed E-state index contributed by atoms with van der Waals surface area (Å²) in [6.45, 7) is 0. The van der Waals surface area contributed by atoms with E-state index in [-0.39, 0.29) is 36.6 Å². The van der Waals surface area contributed by atoms with Gasteiger partial charge in [0, 0.05) is 30.0 Å². The zero-order valence-electron chi connectivity index (χ0n) is 11.5. The Morgan fingerprint density at radius 2 is 1.75 bits per heavy atom. The van der Waals surface area contributed by atoms with Crippen molar-refractivity contribution in [3.8, 4) is 0 Å². The number of pyridine rings is 1. The van der Waals surface area contributed by atoms with Crippen LogP contribution in [0, 0.1) is 5.92 Å². The number of carbonyl (C=O) groups is 1. The predicted octanol–water partition coefficient (Wildman–Crippen LogP) is 2.15. The highest BCUT2D eigenvalue weighted by Crippen LogP contribution is 2.25. The molecule has 0 bridgehead atoms. The minimum atomic E-state index is 0. The lowest BCUT2D eigenvalue weighted by molar-refractivity contribution is -0.120. The second-order valence-electron chi connectivity index (χ2n) is 4.67. The van der Waals surface area contributed by atoms with Crippen LogP contribution in [0.2, 0.25) is 0 Å². The molecule has 0 aliphatic heterocycles. The van der Waals surface area contributed by atoms with Gasteiger partial charge in [-0.05, 0) is 44.9 Å². The molecule has 0 spiro atoms. The van der Waals surface area contributed by atoms with Crippen molar-refractivity contribution in [2.45, 2.75) is 31.7 Å². The summed E-state index contributed by atoms with van der Waals surface area (Å²) in [5.74, 6) is 0.261. The van der Waals surface area contributed by atoms with E-state index >= 15 is 0 Å². The van der Waals surface area contributed by atoms with Gasteiger partial charge in [0.15, 0.2) is 0 Å². The molecule has 0 radical (unpaired) electrons. The van der Waals surface area contributed by atoms with Crippen LogP contribution in [0.25, 0.3) is 0 Å². The van der Waals surface area contributed by atoms with Gasteiger partial charge in [-0.25, -0.2) is 0 Å².